The summed E-state index contributed by atoms with van der Waals surface area (Å²) in [6.45, 7) is 0. The molecule has 2 N–H and O–H groups in total. The fourth-order valence-electron chi connectivity index (χ4n) is 2.06. The summed E-state index contributed by atoms with van der Waals surface area (Å²) in [7, 11) is 3.92. The number of hydrogen-bond donors (Lipinski definition) is 1. The molecule has 0 saturated heterocycles. The first-order chi connectivity index (χ1) is 9.47. The van der Waals surface area contributed by atoms with E-state index in [1.54, 1.807) is 0 Å². The lowest BCUT2D eigenvalue weighted by molar-refractivity contribution is 0.563. The van der Waals surface area contributed by atoms with Crippen molar-refractivity contribution in [2.75, 3.05) is 19.0 Å². The van der Waals surface area contributed by atoms with Crippen molar-refractivity contribution < 1.29 is 8.78 Å². The van der Waals surface area contributed by atoms with Gasteiger partial charge >= 0.3 is 0 Å². The van der Waals surface area contributed by atoms with Gasteiger partial charge in [0.2, 0.25) is 0 Å². The molecule has 1 atom stereocenters. The highest BCUT2D eigenvalue weighted by Crippen LogP contribution is 2.21. The number of rotatable bonds is 4. The summed E-state index contributed by atoms with van der Waals surface area (Å²) in [4.78, 5) is 1.99. The maximum Gasteiger partial charge on any atom is 0.129 e. The third kappa shape index (κ3) is 3.33. The van der Waals surface area contributed by atoms with Crippen LogP contribution in [0, 0.1) is 11.6 Å². The van der Waals surface area contributed by atoms with Crippen molar-refractivity contribution >= 4 is 5.69 Å². The van der Waals surface area contributed by atoms with Crippen LogP contribution < -0.4 is 10.6 Å². The van der Waals surface area contributed by atoms with Crippen molar-refractivity contribution in [1.82, 2.24) is 0 Å². The molecule has 0 spiro atoms. The summed E-state index contributed by atoms with van der Waals surface area (Å²) in [6.07, 6.45) is 0.341. The van der Waals surface area contributed by atoms with Gasteiger partial charge in [-0.1, -0.05) is 18.2 Å². The molecular weight excluding hydrogens is 258 g/mol. The zero-order chi connectivity index (χ0) is 14.7. The molecule has 2 aromatic rings. The second-order valence-corrected chi connectivity index (χ2v) is 5.03. The molecule has 0 aliphatic heterocycles. The fourth-order valence-corrected chi connectivity index (χ4v) is 2.06. The average molecular weight is 276 g/mol. The second kappa shape index (κ2) is 6.01. The van der Waals surface area contributed by atoms with Crippen LogP contribution >= 0.6 is 0 Å². The average Bonchev–Trinajstić information content (AvgIpc) is 2.42. The van der Waals surface area contributed by atoms with Crippen molar-refractivity contribution in [3.05, 3.63) is 65.2 Å². The quantitative estimate of drug-likeness (QED) is 0.928. The molecular formula is C16H18F2N2. The molecule has 0 radical (unpaired) electrons. The monoisotopic (exact) mass is 276 g/mol. The van der Waals surface area contributed by atoms with Crippen LogP contribution in [0.15, 0.2) is 42.5 Å². The molecule has 20 heavy (non-hydrogen) atoms. The van der Waals surface area contributed by atoms with Crippen molar-refractivity contribution in [1.29, 1.82) is 0 Å². The number of benzene rings is 2. The zero-order valence-corrected chi connectivity index (χ0v) is 11.6. The first-order valence-electron chi connectivity index (χ1n) is 6.44. The molecule has 2 nitrogen and oxygen atoms in total. The molecule has 106 valence electrons. The Morgan fingerprint density at radius 1 is 1.05 bits per heavy atom. The van der Waals surface area contributed by atoms with Crippen LogP contribution in [0.3, 0.4) is 0 Å². The minimum Gasteiger partial charge on any atom is -0.378 e. The summed E-state index contributed by atoms with van der Waals surface area (Å²) in [5.41, 5.74) is 8.52. The third-order valence-corrected chi connectivity index (χ3v) is 3.29. The minimum absolute atomic E-state index is 0.314. The molecule has 1 unspecified atom stereocenters. The Morgan fingerprint density at radius 2 is 1.70 bits per heavy atom. The largest absolute Gasteiger partial charge is 0.378 e. The van der Waals surface area contributed by atoms with Gasteiger partial charge in [-0.05, 0) is 35.7 Å². The summed E-state index contributed by atoms with van der Waals surface area (Å²) in [5.74, 6) is -1.12. The van der Waals surface area contributed by atoms with Crippen LogP contribution in [-0.2, 0) is 6.42 Å². The van der Waals surface area contributed by atoms with E-state index in [0.29, 0.717) is 12.0 Å². The molecule has 0 aliphatic carbocycles. The van der Waals surface area contributed by atoms with Crippen LogP contribution in [0.1, 0.15) is 17.2 Å². The molecule has 2 rings (SSSR count). The summed E-state index contributed by atoms with van der Waals surface area (Å²) in [6, 6.07) is 11.1. The van der Waals surface area contributed by atoms with E-state index in [1.807, 2.05) is 43.3 Å². The maximum atomic E-state index is 13.6. The Hall–Kier alpha value is -1.94. The molecule has 4 heteroatoms. The van der Waals surface area contributed by atoms with E-state index >= 15 is 0 Å². The lowest BCUT2D eigenvalue weighted by atomic mass is 9.99. The second-order valence-electron chi connectivity index (χ2n) is 5.03. The van der Waals surface area contributed by atoms with E-state index in [0.717, 1.165) is 17.3 Å². The predicted molar refractivity (Wildman–Crippen MR) is 77.8 cm³/mol. The van der Waals surface area contributed by atoms with E-state index in [1.165, 1.54) is 12.1 Å². The van der Waals surface area contributed by atoms with Crippen LogP contribution in [-0.4, -0.2) is 14.1 Å². The van der Waals surface area contributed by atoms with Gasteiger partial charge in [-0.2, -0.15) is 0 Å². The standard InChI is InChI=1S/C16H18F2N2/c1-20(2)14-7-4-11(5-8-14)16(19)9-12-3-6-13(17)10-15(12)18/h3-8,10,16H,9,19H2,1-2H3. The Balaban J connectivity index is 2.13. The normalized spacial score (nSPS) is 12.2. The lowest BCUT2D eigenvalue weighted by Gasteiger charge is -2.16. The van der Waals surface area contributed by atoms with E-state index in [4.69, 9.17) is 5.73 Å². The van der Waals surface area contributed by atoms with E-state index < -0.39 is 11.6 Å². The first-order valence-corrected chi connectivity index (χ1v) is 6.44. The van der Waals surface area contributed by atoms with E-state index in [9.17, 15) is 8.78 Å². The highest BCUT2D eigenvalue weighted by Gasteiger charge is 2.11. The van der Waals surface area contributed by atoms with Crippen LogP contribution in [0.25, 0.3) is 0 Å². The molecule has 2 aromatic carbocycles. The summed E-state index contributed by atoms with van der Waals surface area (Å²) in [5, 5.41) is 0. The van der Waals surface area contributed by atoms with Crippen molar-refractivity contribution in [2.45, 2.75) is 12.5 Å². The summed E-state index contributed by atoms with van der Waals surface area (Å²) < 4.78 is 26.4. The van der Waals surface area contributed by atoms with Gasteiger partial charge in [0, 0.05) is 31.9 Å². The Bertz CT molecular complexity index is 580. The topological polar surface area (TPSA) is 29.3 Å². The molecule has 0 bridgehead atoms. The van der Waals surface area contributed by atoms with Gasteiger partial charge in [0.15, 0.2) is 0 Å². The molecule has 0 fully saturated rings. The smallest absolute Gasteiger partial charge is 0.129 e. The van der Waals surface area contributed by atoms with Crippen molar-refractivity contribution in [3.63, 3.8) is 0 Å². The maximum absolute atomic E-state index is 13.6. The van der Waals surface area contributed by atoms with Gasteiger partial charge in [-0.3, -0.25) is 0 Å². The van der Waals surface area contributed by atoms with Gasteiger partial charge < -0.3 is 10.6 Å². The van der Waals surface area contributed by atoms with E-state index in [-0.39, 0.29) is 6.04 Å². The van der Waals surface area contributed by atoms with Gasteiger partial charge in [0.05, 0.1) is 0 Å². The molecule has 0 aromatic heterocycles. The van der Waals surface area contributed by atoms with Crippen molar-refractivity contribution in [3.8, 4) is 0 Å². The number of hydrogen-bond acceptors (Lipinski definition) is 2. The van der Waals surface area contributed by atoms with Crippen molar-refractivity contribution in [2.24, 2.45) is 5.73 Å². The first kappa shape index (κ1) is 14.5. The van der Waals surface area contributed by atoms with Crippen LogP contribution in [0.4, 0.5) is 14.5 Å². The zero-order valence-electron chi connectivity index (χ0n) is 11.6. The van der Waals surface area contributed by atoms with Gasteiger partial charge in [0.25, 0.3) is 0 Å². The van der Waals surface area contributed by atoms with E-state index in [2.05, 4.69) is 0 Å². The Labute approximate surface area is 117 Å². The predicted octanol–water partition coefficient (Wildman–Crippen LogP) is 3.27. The van der Waals surface area contributed by atoms with Gasteiger partial charge in [-0.15, -0.1) is 0 Å². The molecule has 0 aliphatic rings. The number of halogens is 2. The molecule has 0 amide bonds. The minimum atomic E-state index is -0.574. The highest BCUT2D eigenvalue weighted by atomic mass is 19.1. The molecule has 0 heterocycles. The van der Waals surface area contributed by atoms with Crippen LogP contribution in [0.2, 0.25) is 0 Å². The number of nitrogens with zero attached hydrogens (tertiary/aromatic N) is 1. The number of nitrogens with two attached hydrogens (primary N) is 1. The Morgan fingerprint density at radius 3 is 2.25 bits per heavy atom. The van der Waals surface area contributed by atoms with Gasteiger partial charge in [0.1, 0.15) is 11.6 Å². The van der Waals surface area contributed by atoms with Crippen LogP contribution in [0.5, 0.6) is 0 Å². The Kier molecular flexibility index (Phi) is 4.35. The van der Waals surface area contributed by atoms with Gasteiger partial charge in [-0.25, -0.2) is 8.78 Å². The lowest BCUT2D eigenvalue weighted by Crippen LogP contribution is -2.15. The highest BCUT2D eigenvalue weighted by molar-refractivity contribution is 5.46. The fraction of sp³-hybridized carbons (Fsp3) is 0.250. The number of anilines is 1. The summed E-state index contributed by atoms with van der Waals surface area (Å²) >= 11 is 0. The SMILES string of the molecule is CN(C)c1ccc(C(N)Cc2ccc(F)cc2F)cc1. The molecule has 0 saturated carbocycles. The third-order valence-electron chi connectivity index (χ3n) is 3.29.